The molecule has 0 aliphatic rings. The Hall–Kier alpha value is -2.24. The maximum absolute atomic E-state index is 11.8. The summed E-state index contributed by atoms with van der Waals surface area (Å²) in [5.41, 5.74) is 0.958. The Balaban J connectivity index is 2.55. The third kappa shape index (κ3) is 6.16. The molecule has 0 radical (unpaired) electrons. The van der Waals surface area contributed by atoms with E-state index in [2.05, 4.69) is 10.6 Å². The normalized spacial score (nSPS) is 10.7. The second kappa shape index (κ2) is 6.97. The van der Waals surface area contributed by atoms with Crippen LogP contribution in [-0.4, -0.2) is 31.3 Å². The van der Waals surface area contributed by atoms with E-state index in [4.69, 9.17) is 9.47 Å². The number of ether oxygens (including phenoxy) is 2. The number of alkyl carbamates (subject to hydrolysis) is 1. The lowest BCUT2D eigenvalue weighted by Crippen LogP contribution is -2.37. The summed E-state index contributed by atoms with van der Waals surface area (Å²) in [6, 6.07) is 5.45. The molecule has 2 amide bonds. The Morgan fingerprint density at radius 2 is 1.90 bits per heavy atom. The number of rotatable bonds is 4. The quantitative estimate of drug-likeness (QED) is 0.894. The van der Waals surface area contributed by atoms with Crippen LogP contribution in [0.15, 0.2) is 18.2 Å². The lowest BCUT2D eigenvalue weighted by molar-refractivity contribution is -0.115. The zero-order valence-electron chi connectivity index (χ0n) is 13.1. The van der Waals surface area contributed by atoms with E-state index in [0.717, 1.165) is 5.56 Å². The summed E-state index contributed by atoms with van der Waals surface area (Å²) in [6.45, 7) is 7.00. The van der Waals surface area contributed by atoms with Crippen molar-refractivity contribution in [3.63, 3.8) is 0 Å². The van der Waals surface area contributed by atoms with Gasteiger partial charge in [0.25, 0.3) is 0 Å². The lowest BCUT2D eigenvalue weighted by Gasteiger charge is -2.19. The second-order valence-electron chi connectivity index (χ2n) is 5.61. The highest BCUT2D eigenvalue weighted by Crippen LogP contribution is 2.24. The van der Waals surface area contributed by atoms with Crippen LogP contribution < -0.4 is 15.4 Å². The summed E-state index contributed by atoms with van der Waals surface area (Å²) >= 11 is 0. The van der Waals surface area contributed by atoms with Crippen LogP contribution in [0.2, 0.25) is 0 Å². The minimum absolute atomic E-state index is 0.175. The van der Waals surface area contributed by atoms with Gasteiger partial charge in [0.2, 0.25) is 5.91 Å². The molecule has 0 atom stereocenters. The van der Waals surface area contributed by atoms with Crippen molar-refractivity contribution in [1.82, 2.24) is 5.32 Å². The van der Waals surface area contributed by atoms with Crippen molar-refractivity contribution in [3.8, 4) is 5.75 Å². The first-order chi connectivity index (χ1) is 9.71. The average molecular weight is 294 g/mol. The van der Waals surface area contributed by atoms with E-state index in [-0.39, 0.29) is 12.5 Å². The molecule has 1 aromatic carbocycles. The molecule has 0 heterocycles. The van der Waals surface area contributed by atoms with E-state index in [0.29, 0.717) is 11.4 Å². The predicted octanol–water partition coefficient (Wildman–Crippen LogP) is 2.47. The zero-order chi connectivity index (χ0) is 16.0. The van der Waals surface area contributed by atoms with E-state index in [1.807, 2.05) is 13.0 Å². The van der Waals surface area contributed by atoms with E-state index >= 15 is 0 Å². The molecular formula is C15H22N2O4. The van der Waals surface area contributed by atoms with Crippen molar-refractivity contribution < 1.29 is 19.1 Å². The number of carbonyl (C=O) groups excluding carboxylic acids is 2. The Bertz CT molecular complexity index is 521. The van der Waals surface area contributed by atoms with E-state index in [1.54, 1.807) is 32.9 Å². The minimum Gasteiger partial charge on any atom is -0.495 e. The molecule has 116 valence electrons. The van der Waals surface area contributed by atoms with E-state index < -0.39 is 11.7 Å². The first kappa shape index (κ1) is 16.8. The van der Waals surface area contributed by atoms with Gasteiger partial charge >= 0.3 is 6.09 Å². The van der Waals surface area contributed by atoms with E-state index in [9.17, 15) is 9.59 Å². The average Bonchev–Trinajstić information content (AvgIpc) is 2.35. The Morgan fingerprint density at radius 1 is 1.24 bits per heavy atom. The van der Waals surface area contributed by atoms with E-state index in [1.165, 1.54) is 7.11 Å². The minimum atomic E-state index is -0.631. The van der Waals surface area contributed by atoms with Gasteiger partial charge in [-0.25, -0.2) is 4.79 Å². The summed E-state index contributed by atoms with van der Waals surface area (Å²) in [7, 11) is 1.53. The largest absolute Gasteiger partial charge is 0.495 e. The summed E-state index contributed by atoms with van der Waals surface area (Å²) in [5, 5.41) is 5.08. The molecule has 0 spiro atoms. The highest BCUT2D eigenvalue weighted by atomic mass is 16.6. The summed E-state index contributed by atoms with van der Waals surface area (Å²) < 4.78 is 10.2. The van der Waals surface area contributed by atoms with Crippen LogP contribution in [-0.2, 0) is 9.53 Å². The molecular weight excluding hydrogens is 272 g/mol. The molecule has 0 saturated carbocycles. The second-order valence-corrected chi connectivity index (χ2v) is 5.61. The topological polar surface area (TPSA) is 76.7 Å². The van der Waals surface area contributed by atoms with Crippen LogP contribution in [0.5, 0.6) is 5.75 Å². The Morgan fingerprint density at radius 3 is 2.48 bits per heavy atom. The van der Waals surface area contributed by atoms with Crippen LogP contribution in [0.1, 0.15) is 26.3 Å². The summed E-state index contributed by atoms with van der Waals surface area (Å²) in [5.74, 6) is 0.205. The lowest BCUT2D eigenvalue weighted by atomic mass is 10.2. The van der Waals surface area contributed by atoms with Crippen LogP contribution in [0.4, 0.5) is 10.5 Å². The van der Waals surface area contributed by atoms with Gasteiger partial charge in [0.05, 0.1) is 12.8 Å². The van der Waals surface area contributed by atoms with Gasteiger partial charge in [0.15, 0.2) is 0 Å². The van der Waals surface area contributed by atoms with Crippen LogP contribution in [0, 0.1) is 6.92 Å². The fourth-order valence-corrected chi connectivity index (χ4v) is 1.58. The highest BCUT2D eigenvalue weighted by molar-refractivity contribution is 5.95. The molecule has 1 rings (SSSR count). The first-order valence-corrected chi connectivity index (χ1v) is 6.62. The molecule has 0 unspecified atom stereocenters. The molecule has 0 bridgehead atoms. The zero-order valence-corrected chi connectivity index (χ0v) is 13.1. The third-order valence-electron chi connectivity index (χ3n) is 2.42. The molecule has 21 heavy (non-hydrogen) atoms. The smallest absolute Gasteiger partial charge is 0.408 e. The SMILES string of the molecule is COc1ccc(C)cc1NC(=O)CNC(=O)OC(C)(C)C. The monoisotopic (exact) mass is 294 g/mol. The number of hydrogen-bond donors (Lipinski definition) is 2. The fourth-order valence-electron chi connectivity index (χ4n) is 1.58. The Labute approximate surface area is 124 Å². The molecule has 2 N–H and O–H groups in total. The number of aryl methyl sites for hydroxylation is 1. The molecule has 0 aliphatic heterocycles. The predicted molar refractivity (Wildman–Crippen MR) is 80.6 cm³/mol. The number of benzene rings is 1. The number of amides is 2. The highest BCUT2D eigenvalue weighted by Gasteiger charge is 2.17. The van der Waals surface area contributed by atoms with Gasteiger partial charge in [-0.1, -0.05) is 6.07 Å². The van der Waals surface area contributed by atoms with Gasteiger partial charge in [-0.15, -0.1) is 0 Å². The number of methoxy groups -OCH3 is 1. The van der Waals surface area contributed by atoms with Crippen LogP contribution in [0.25, 0.3) is 0 Å². The number of nitrogens with one attached hydrogen (secondary N) is 2. The number of anilines is 1. The summed E-state index contributed by atoms with van der Waals surface area (Å²) in [6.07, 6.45) is -0.631. The first-order valence-electron chi connectivity index (χ1n) is 6.62. The van der Waals surface area contributed by atoms with Gasteiger partial charge in [0, 0.05) is 0 Å². The third-order valence-corrected chi connectivity index (χ3v) is 2.42. The Kier molecular flexibility index (Phi) is 5.58. The van der Waals surface area contributed by atoms with Gasteiger partial charge in [-0.05, 0) is 45.4 Å². The van der Waals surface area contributed by atoms with Gasteiger partial charge in [-0.2, -0.15) is 0 Å². The molecule has 0 aromatic heterocycles. The molecule has 0 aliphatic carbocycles. The molecule has 6 heteroatoms. The van der Waals surface area contributed by atoms with Crippen molar-refractivity contribution in [1.29, 1.82) is 0 Å². The van der Waals surface area contributed by atoms with Gasteiger partial charge < -0.3 is 20.1 Å². The van der Waals surface area contributed by atoms with Crippen molar-refractivity contribution in [2.45, 2.75) is 33.3 Å². The van der Waals surface area contributed by atoms with Gasteiger partial charge in [-0.3, -0.25) is 4.79 Å². The maximum Gasteiger partial charge on any atom is 0.408 e. The van der Waals surface area contributed by atoms with Crippen molar-refractivity contribution in [2.24, 2.45) is 0 Å². The molecule has 1 aromatic rings. The standard InChI is InChI=1S/C15H22N2O4/c1-10-6-7-12(20-5)11(8-10)17-13(18)9-16-14(19)21-15(2,3)4/h6-8H,9H2,1-5H3,(H,16,19)(H,17,18). The molecule has 0 saturated heterocycles. The summed E-state index contributed by atoms with van der Waals surface area (Å²) in [4.78, 5) is 23.3. The van der Waals surface area contributed by atoms with Crippen molar-refractivity contribution in [3.05, 3.63) is 23.8 Å². The maximum atomic E-state index is 11.8. The van der Waals surface area contributed by atoms with Gasteiger partial charge in [0.1, 0.15) is 17.9 Å². The molecule has 6 nitrogen and oxygen atoms in total. The molecule has 0 fully saturated rings. The van der Waals surface area contributed by atoms with Crippen molar-refractivity contribution >= 4 is 17.7 Å². The van der Waals surface area contributed by atoms with Crippen LogP contribution >= 0.6 is 0 Å². The van der Waals surface area contributed by atoms with Crippen molar-refractivity contribution in [2.75, 3.05) is 19.0 Å². The number of carbonyl (C=O) groups is 2. The van der Waals surface area contributed by atoms with Crippen LogP contribution in [0.3, 0.4) is 0 Å². The fraction of sp³-hybridized carbons (Fsp3) is 0.467. The number of hydrogen-bond acceptors (Lipinski definition) is 4.